The highest BCUT2D eigenvalue weighted by Crippen LogP contribution is 2.13. The molecule has 2 rings (SSSR count). The molecule has 78 valence electrons. The van der Waals surface area contributed by atoms with Crippen molar-refractivity contribution < 1.29 is 14.1 Å². The first-order chi connectivity index (χ1) is 7.25. The normalized spacial score (nSPS) is 12.7. The number of thiazole rings is 1. The van der Waals surface area contributed by atoms with Crippen LogP contribution in [0.5, 0.6) is 0 Å². The summed E-state index contributed by atoms with van der Waals surface area (Å²) in [7, 11) is 0. The summed E-state index contributed by atoms with van der Waals surface area (Å²) in [5, 5.41) is 11.8. The van der Waals surface area contributed by atoms with Gasteiger partial charge in [0.1, 0.15) is 11.9 Å². The highest BCUT2D eigenvalue weighted by atomic mass is 32.1. The van der Waals surface area contributed by atoms with Gasteiger partial charge in [-0.05, 0) is 17.7 Å². The van der Waals surface area contributed by atoms with Gasteiger partial charge in [0.25, 0.3) is 0 Å². The molecule has 1 aromatic heterocycles. The van der Waals surface area contributed by atoms with Crippen molar-refractivity contribution in [2.75, 3.05) is 0 Å². The Kier molecular flexibility index (Phi) is 3.08. The van der Waals surface area contributed by atoms with Crippen LogP contribution in [-0.2, 0) is 6.54 Å². The molecule has 0 aliphatic rings. The van der Waals surface area contributed by atoms with Crippen LogP contribution in [0, 0.1) is 5.82 Å². The molecule has 2 aromatic rings. The van der Waals surface area contributed by atoms with E-state index in [2.05, 4.69) is 0 Å². The molecule has 1 atom stereocenters. The highest BCUT2D eigenvalue weighted by Gasteiger charge is 2.13. The summed E-state index contributed by atoms with van der Waals surface area (Å²) in [5.41, 5.74) is 2.65. The Morgan fingerprint density at radius 3 is 2.67 bits per heavy atom. The van der Waals surface area contributed by atoms with Gasteiger partial charge in [-0.2, -0.15) is 4.57 Å². The van der Waals surface area contributed by atoms with Crippen LogP contribution in [0.2, 0.25) is 0 Å². The first kappa shape index (κ1) is 10.3. The summed E-state index contributed by atoms with van der Waals surface area (Å²) in [6.07, 6.45) is 1.31. The van der Waals surface area contributed by atoms with E-state index in [1.54, 1.807) is 23.5 Å². The van der Waals surface area contributed by atoms with Crippen LogP contribution in [0.3, 0.4) is 0 Å². The van der Waals surface area contributed by atoms with Crippen LogP contribution in [0.15, 0.2) is 41.4 Å². The molecule has 0 saturated heterocycles. The van der Waals surface area contributed by atoms with Gasteiger partial charge in [-0.1, -0.05) is 23.5 Å². The molecule has 0 aliphatic heterocycles. The van der Waals surface area contributed by atoms with E-state index in [1.165, 1.54) is 12.1 Å². The maximum absolute atomic E-state index is 12.6. The molecular weight excluding hydrogens is 213 g/mol. The predicted molar refractivity (Wildman–Crippen MR) is 55.9 cm³/mol. The lowest BCUT2D eigenvalue weighted by Crippen LogP contribution is -2.33. The van der Waals surface area contributed by atoms with E-state index in [0.717, 1.165) is 5.56 Å². The van der Waals surface area contributed by atoms with Gasteiger partial charge < -0.3 is 5.11 Å². The number of hydrogen-bond donors (Lipinski definition) is 1. The smallest absolute Gasteiger partial charge is 0.224 e. The zero-order chi connectivity index (χ0) is 10.7. The quantitative estimate of drug-likeness (QED) is 0.791. The van der Waals surface area contributed by atoms with E-state index >= 15 is 0 Å². The average Bonchev–Trinajstić information content (AvgIpc) is 2.71. The van der Waals surface area contributed by atoms with Crippen LogP contribution >= 0.6 is 11.3 Å². The average molecular weight is 224 g/mol. The lowest BCUT2D eigenvalue weighted by molar-refractivity contribution is -0.700. The zero-order valence-electron chi connectivity index (χ0n) is 8.01. The highest BCUT2D eigenvalue weighted by molar-refractivity contribution is 7.07. The van der Waals surface area contributed by atoms with E-state index in [4.69, 9.17) is 0 Å². The first-order valence-corrected chi connectivity index (χ1v) is 5.55. The molecule has 1 N–H and O–H groups in total. The van der Waals surface area contributed by atoms with Gasteiger partial charge in [-0.3, -0.25) is 0 Å². The van der Waals surface area contributed by atoms with Crippen molar-refractivity contribution in [3.63, 3.8) is 0 Å². The summed E-state index contributed by atoms with van der Waals surface area (Å²) in [6, 6.07) is 5.92. The maximum atomic E-state index is 12.6. The van der Waals surface area contributed by atoms with Crippen molar-refractivity contribution in [1.29, 1.82) is 0 Å². The van der Waals surface area contributed by atoms with Crippen LogP contribution in [-0.4, -0.2) is 5.11 Å². The molecule has 1 heterocycles. The van der Waals surface area contributed by atoms with E-state index in [1.807, 2.05) is 21.7 Å². The van der Waals surface area contributed by atoms with Crippen molar-refractivity contribution in [2.45, 2.75) is 12.6 Å². The minimum absolute atomic E-state index is 0.283. The minimum Gasteiger partial charge on any atom is -0.382 e. The Hall–Kier alpha value is -1.26. The third kappa shape index (κ3) is 2.61. The lowest BCUT2D eigenvalue weighted by Gasteiger charge is -2.06. The van der Waals surface area contributed by atoms with Crippen molar-refractivity contribution in [1.82, 2.24) is 0 Å². The summed E-state index contributed by atoms with van der Waals surface area (Å²) in [6.45, 7) is 0.495. The molecule has 0 radical (unpaired) electrons. The number of benzene rings is 1. The number of nitrogens with zero attached hydrogens (tertiary/aromatic N) is 1. The summed E-state index contributed by atoms with van der Waals surface area (Å²) in [4.78, 5) is 0. The minimum atomic E-state index is -0.592. The molecule has 0 saturated carbocycles. The second kappa shape index (κ2) is 4.51. The summed E-state index contributed by atoms with van der Waals surface area (Å²) >= 11 is 1.57. The van der Waals surface area contributed by atoms with Crippen molar-refractivity contribution >= 4 is 11.3 Å². The molecule has 4 heteroatoms. The Balaban J connectivity index is 2.08. The fourth-order valence-corrected chi connectivity index (χ4v) is 1.97. The van der Waals surface area contributed by atoms with Crippen LogP contribution in [0.1, 0.15) is 11.7 Å². The van der Waals surface area contributed by atoms with Crippen LogP contribution in [0.4, 0.5) is 4.39 Å². The number of hydrogen-bond acceptors (Lipinski definition) is 2. The fourth-order valence-electron chi connectivity index (χ4n) is 1.36. The van der Waals surface area contributed by atoms with E-state index in [-0.39, 0.29) is 5.82 Å². The second-order valence-electron chi connectivity index (χ2n) is 3.29. The lowest BCUT2D eigenvalue weighted by atomic mass is 10.1. The summed E-state index contributed by atoms with van der Waals surface area (Å²) < 4.78 is 14.5. The van der Waals surface area contributed by atoms with Crippen molar-refractivity contribution in [2.24, 2.45) is 0 Å². The van der Waals surface area contributed by atoms with Gasteiger partial charge in [0.05, 0.1) is 5.38 Å². The molecule has 0 bridgehead atoms. The largest absolute Gasteiger partial charge is 0.382 e. The van der Waals surface area contributed by atoms with Crippen LogP contribution in [0.25, 0.3) is 0 Å². The Labute approximate surface area is 91.2 Å². The number of aliphatic hydroxyl groups is 1. The SMILES string of the molecule is OC(C[n+]1ccsc1)c1ccc(F)cc1. The number of rotatable bonds is 3. The fraction of sp³-hybridized carbons (Fsp3) is 0.182. The number of halogens is 1. The molecule has 0 spiro atoms. The molecular formula is C11H11FNOS+. The predicted octanol–water partition coefficient (Wildman–Crippen LogP) is 1.91. The maximum Gasteiger partial charge on any atom is 0.224 e. The number of aliphatic hydroxyl groups excluding tert-OH is 1. The van der Waals surface area contributed by atoms with Gasteiger partial charge >= 0.3 is 0 Å². The molecule has 1 unspecified atom stereocenters. The van der Waals surface area contributed by atoms with E-state index < -0.39 is 6.10 Å². The zero-order valence-corrected chi connectivity index (χ0v) is 8.82. The van der Waals surface area contributed by atoms with E-state index in [0.29, 0.717) is 6.54 Å². The van der Waals surface area contributed by atoms with Gasteiger partial charge in [0.2, 0.25) is 5.51 Å². The van der Waals surface area contributed by atoms with Gasteiger partial charge in [-0.15, -0.1) is 0 Å². The molecule has 15 heavy (non-hydrogen) atoms. The summed E-state index contributed by atoms with van der Waals surface area (Å²) in [5.74, 6) is -0.283. The van der Waals surface area contributed by atoms with Gasteiger partial charge in [0, 0.05) is 0 Å². The molecule has 2 nitrogen and oxygen atoms in total. The Morgan fingerprint density at radius 2 is 2.07 bits per heavy atom. The van der Waals surface area contributed by atoms with Gasteiger partial charge in [0.15, 0.2) is 12.7 Å². The molecule has 0 aliphatic carbocycles. The Morgan fingerprint density at radius 1 is 1.33 bits per heavy atom. The van der Waals surface area contributed by atoms with Crippen molar-refractivity contribution in [3.8, 4) is 0 Å². The molecule has 0 fully saturated rings. The Bertz CT molecular complexity index is 413. The topological polar surface area (TPSA) is 24.1 Å². The van der Waals surface area contributed by atoms with Crippen molar-refractivity contribution in [3.05, 3.63) is 52.7 Å². The third-order valence-electron chi connectivity index (χ3n) is 2.17. The third-order valence-corrected chi connectivity index (χ3v) is 2.84. The monoisotopic (exact) mass is 224 g/mol. The van der Waals surface area contributed by atoms with Crippen LogP contribution < -0.4 is 4.57 Å². The van der Waals surface area contributed by atoms with Gasteiger partial charge in [-0.25, -0.2) is 4.39 Å². The van der Waals surface area contributed by atoms with E-state index in [9.17, 15) is 9.50 Å². The first-order valence-electron chi connectivity index (χ1n) is 4.60. The molecule has 1 aromatic carbocycles. The molecule has 0 amide bonds. The standard InChI is InChI=1S/C11H11FNOS/c12-10-3-1-9(2-4-10)11(14)7-13-5-6-15-8-13/h1-6,8,11,14H,7H2/q+1. The number of aromatic nitrogens is 1. The second-order valence-corrected chi connectivity index (χ2v) is 4.05.